The summed E-state index contributed by atoms with van der Waals surface area (Å²) in [6, 6.07) is 6.64. The molecule has 0 saturated carbocycles. The van der Waals surface area contributed by atoms with Gasteiger partial charge < -0.3 is 10.4 Å². The molecule has 0 unspecified atom stereocenters. The van der Waals surface area contributed by atoms with Gasteiger partial charge in [-0.15, -0.1) is 0 Å². The van der Waals surface area contributed by atoms with Crippen molar-refractivity contribution in [3.8, 4) is 5.75 Å². The number of phenolic OH excluding ortho intramolecular Hbond substituents is 1. The monoisotopic (exact) mass is 213 g/mol. The quantitative estimate of drug-likeness (QED) is 0.755. The van der Waals surface area contributed by atoms with Crippen LogP contribution in [0, 0.1) is 0 Å². The highest BCUT2D eigenvalue weighted by Crippen LogP contribution is 2.20. The molecule has 2 N–H and O–H groups in total. The summed E-state index contributed by atoms with van der Waals surface area (Å²) in [5.74, 6) is 0.544. The van der Waals surface area contributed by atoms with E-state index in [1.165, 1.54) is 0 Å². The van der Waals surface area contributed by atoms with E-state index >= 15 is 0 Å². The molecule has 0 atom stereocenters. The molecule has 0 spiro atoms. The average Bonchev–Trinajstić information content (AvgIpc) is 2.00. The zero-order chi connectivity index (χ0) is 10.2. The van der Waals surface area contributed by atoms with Crippen molar-refractivity contribution in [2.24, 2.45) is 0 Å². The molecule has 0 bridgehead atoms. The van der Waals surface area contributed by atoms with E-state index in [9.17, 15) is 8.42 Å². The lowest BCUT2D eigenvalue weighted by Crippen LogP contribution is -2.46. The lowest BCUT2D eigenvalue weighted by atomic mass is 10.2. The lowest BCUT2D eigenvalue weighted by Gasteiger charge is -2.27. The smallest absolute Gasteiger partial charge is 0.154 e. The number of benzene rings is 1. The van der Waals surface area contributed by atoms with Crippen LogP contribution in [0.2, 0.25) is 0 Å². The average molecular weight is 213 g/mol. The van der Waals surface area contributed by atoms with Gasteiger partial charge in [0, 0.05) is 11.8 Å². The summed E-state index contributed by atoms with van der Waals surface area (Å²) in [5, 5.41) is 12.2. The van der Waals surface area contributed by atoms with Gasteiger partial charge in [-0.2, -0.15) is 0 Å². The molecule has 76 valence electrons. The summed E-state index contributed by atoms with van der Waals surface area (Å²) in [7, 11) is -2.79. The standard InChI is InChI=1S/C9H11NO3S/c11-9-3-1-2-7(4-9)10-8-5-14(12,13)6-8/h1-4,8,10-11H,5-6H2. The Morgan fingerprint density at radius 2 is 2.07 bits per heavy atom. The first-order valence-electron chi connectivity index (χ1n) is 4.31. The first kappa shape index (κ1) is 9.33. The van der Waals surface area contributed by atoms with Crippen LogP contribution in [0.5, 0.6) is 5.75 Å². The van der Waals surface area contributed by atoms with Crippen LogP contribution >= 0.6 is 0 Å². The Morgan fingerprint density at radius 1 is 1.36 bits per heavy atom. The molecule has 1 aliphatic rings. The second-order valence-corrected chi connectivity index (χ2v) is 5.62. The van der Waals surface area contributed by atoms with Crippen molar-refractivity contribution < 1.29 is 13.5 Å². The topological polar surface area (TPSA) is 66.4 Å². The Labute approximate surface area is 82.5 Å². The van der Waals surface area contributed by atoms with E-state index in [0.717, 1.165) is 5.69 Å². The highest BCUT2D eigenvalue weighted by molar-refractivity contribution is 7.92. The second kappa shape index (κ2) is 3.16. The van der Waals surface area contributed by atoms with Crippen LogP contribution in [0.15, 0.2) is 24.3 Å². The molecule has 1 saturated heterocycles. The first-order valence-corrected chi connectivity index (χ1v) is 6.13. The molecule has 1 aromatic carbocycles. The maximum Gasteiger partial charge on any atom is 0.154 e. The molecule has 5 heteroatoms. The highest BCUT2D eigenvalue weighted by atomic mass is 32.2. The Hall–Kier alpha value is -1.23. The van der Waals surface area contributed by atoms with E-state index in [1.54, 1.807) is 24.3 Å². The number of hydrogen-bond acceptors (Lipinski definition) is 4. The number of phenols is 1. The van der Waals surface area contributed by atoms with Crippen molar-refractivity contribution in [3.63, 3.8) is 0 Å². The third kappa shape index (κ3) is 1.98. The number of nitrogens with one attached hydrogen (secondary N) is 1. The minimum atomic E-state index is -2.79. The Morgan fingerprint density at radius 3 is 2.64 bits per heavy atom. The van der Waals surface area contributed by atoms with Gasteiger partial charge in [-0.05, 0) is 12.1 Å². The van der Waals surface area contributed by atoms with Gasteiger partial charge in [0.15, 0.2) is 9.84 Å². The van der Waals surface area contributed by atoms with Gasteiger partial charge in [-0.25, -0.2) is 8.42 Å². The van der Waals surface area contributed by atoms with E-state index in [4.69, 9.17) is 5.11 Å². The van der Waals surface area contributed by atoms with Crippen LogP contribution < -0.4 is 5.32 Å². The molecule has 1 aliphatic heterocycles. The molecule has 1 fully saturated rings. The number of rotatable bonds is 2. The summed E-state index contributed by atoms with van der Waals surface area (Å²) in [6.07, 6.45) is 0. The molecule has 0 amide bonds. The minimum Gasteiger partial charge on any atom is -0.508 e. The van der Waals surface area contributed by atoms with Crippen molar-refractivity contribution in [2.45, 2.75) is 6.04 Å². The third-order valence-electron chi connectivity index (χ3n) is 2.13. The fourth-order valence-electron chi connectivity index (χ4n) is 1.48. The largest absolute Gasteiger partial charge is 0.508 e. The van der Waals surface area contributed by atoms with Crippen LogP contribution in [-0.4, -0.2) is 31.1 Å². The molecule has 0 aromatic heterocycles. The Bertz CT molecular complexity index is 429. The number of hydrogen-bond donors (Lipinski definition) is 2. The summed E-state index contributed by atoms with van der Waals surface area (Å²) in [4.78, 5) is 0. The van der Waals surface area contributed by atoms with Crippen molar-refractivity contribution in [2.75, 3.05) is 16.8 Å². The van der Waals surface area contributed by atoms with Crippen LogP contribution in [-0.2, 0) is 9.84 Å². The fourth-order valence-corrected chi connectivity index (χ4v) is 2.77. The number of sulfone groups is 1. The van der Waals surface area contributed by atoms with Crippen molar-refractivity contribution in [1.82, 2.24) is 0 Å². The van der Waals surface area contributed by atoms with Gasteiger partial charge in [0.1, 0.15) is 5.75 Å². The predicted molar refractivity (Wildman–Crippen MR) is 54.2 cm³/mol. The molecule has 14 heavy (non-hydrogen) atoms. The normalized spacial score (nSPS) is 20.0. The van der Waals surface area contributed by atoms with Gasteiger partial charge >= 0.3 is 0 Å². The van der Waals surface area contributed by atoms with E-state index in [0.29, 0.717) is 0 Å². The van der Waals surface area contributed by atoms with Gasteiger partial charge in [0.2, 0.25) is 0 Å². The summed E-state index contributed by atoms with van der Waals surface area (Å²) in [5.41, 5.74) is 0.755. The van der Waals surface area contributed by atoms with Gasteiger partial charge in [0.05, 0.1) is 17.5 Å². The number of aromatic hydroxyl groups is 1. The minimum absolute atomic E-state index is 0.0122. The first-order chi connectivity index (χ1) is 6.55. The van der Waals surface area contributed by atoms with Crippen molar-refractivity contribution >= 4 is 15.5 Å². The van der Waals surface area contributed by atoms with Crippen LogP contribution in [0.4, 0.5) is 5.69 Å². The van der Waals surface area contributed by atoms with E-state index in [2.05, 4.69) is 5.32 Å². The molecule has 2 rings (SSSR count). The highest BCUT2D eigenvalue weighted by Gasteiger charge is 2.32. The predicted octanol–water partition coefficient (Wildman–Crippen LogP) is 0.601. The molecule has 0 radical (unpaired) electrons. The lowest BCUT2D eigenvalue weighted by molar-refractivity contribution is 0.475. The van der Waals surface area contributed by atoms with Crippen LogP contribution in [0.1, 0.15) is 0 Å². The van der Waals surface area contributed by atoms with Crippen LogP contribution in [0.3, 0.4) is 0 Å². The molecule has 1 aromatic rings. The second-order valence-electron chi connectivity index (χ2n) is 3.47. The van der Waals surface area contributed by atoms with Gasteiger partial charge in [-0.3, -0.25) is 0 Å². The van der Waals surface area contributed by atoms with Gasteiger partial charge in [0.25, 0.3) is 0 Å². The Kier molecular flexibility index (Phi) is 2.11. The number of anilines is 1. The summed E-state index contributed by atoms with van der Waals surface area (Å²) in [6.45, 7) is 0. The molecule has 1 heterocycles. The summed E-state index contributed by atoms with van der Waals surface area (Å²) < 4.78 is 21.7. The van der Waals surface area contributed by atoms with Crippen molar-refractivity contribution in [1.29, 1.82) is 0 Å². The zero-order valence-electron chi connectivity index (χ0n) is 7.47. The van der Waals surface area contributed by atoms with Crippen LogP contribution in [0.25, 0.3) is 0 Å². The zero-order valence-corrected chi connectivity index (χ0v) is 8.29. The van der Waals surface area contributed by atoms with E-state index < -0.39 is 9.84 Å². The molecule has 0 aliphatic carbocycles. The summed E-state index contributed by atoms with van der Waals surface area (Å²) >= 11 is 0. The third-order valence-corrected chi connectivity index (χ3v) is 3.95. The molecular weight excluding hydrogens is 202 g/mol. The van der Waals surface area contributed by atoms with Crippen molar-refractivity contribution in [3.05, 3.63) is 24.3 Å². The molecule has 4 nitrogen and oxygen atoms in total. The maximum atomic E-state index is 10.9. The Balaban J connectivity index is 2.00. The molecular formula is C9H11NO3S. The van der Waals surface area contributed by atoms with E-state index in [-0.39, 0.29) is 23.3 Å². The maximum absolute atomic E-state index is 10.9. The van der Waals surface area contributed by atoms with Gasteiger partial charge in [-0.1, -0.05) is 6.07 Å². The SMILES string of the molecule is O=S1(=O)CC(Nc2cccc(O)c2)C1. The fraction of sp³-hybridized carbons (Fsp3) is 0.333. The van der Waals surface area contributed by atoms with E-state index in [1.807, 2.05) is 0 Å².